The van der Waals surface area contributed by atoms with E-state index < -0.39 is 19.5 Å². The zero-order valence-electron chi connectivity index (χ0n) is 20.2. The molecule has 0 bridgehead atoms. The molecule has 0 aliphatic rings. The number of carbonyl (C=O) groups excluding carboxylic acids is 1. The van der Waals surface area contributed by atoms with Crippen LogP contribution in [0.5, 0.6) is 11.5 Å². The van der Waals surface area contributed by atoms with E-state index in [-0.39, 0.29) is 24.8 Å². The Kier molecular flexibility index (Phi) is 9.93. The number of para-hydroxylation sites is 2. The molecule has 0 saturated heterocycles. The van der Waals surface area contributed by atoms with Gasteiger partial charge in [0, 0.05) is 5.56 Å². The van der Waals surface area contributed by atoms with Crippen molar-refractivity contribution >= 4 is 31.9 Å². The standard InChI is InChI=1S/C28H26N3O5P.ClH/c29-26(30)22-16-18-23(19-17-22)27(31-28(32)34-20-21-10-4-1-5-11-21)37(33,35-24-12-6-2-7-13-24)36-25-14-8-3-9-15-25;/h1-19,27H,20H2,(H3,29,30)(H,31,32);1H. The lowest BCUT2D eigenvalue weighted by atomic mass is 10.1. The van der Waals surface area contributed by atoms with Crippen molar-refractivity contribution in [2.24, 2.45) is 5.73 Å². The second-order valence-electron chi connectivity index (χ2n) is 7.99. The summed E-state index contributed by atoms with van der Waals surface area (Å²) in [5.41, 5.74) is 7.27. The van der Waals surface area contributed by atoms with Crippen LogP contribution in [0.3, 0.4) is 0 Å². The van der Waals surface area contributed by atoms with E-state index in [2.05, 4.69) is 5.32 Å². The molecule has 4 N–H and O–H groups in total. The van der Waals surface area contributed by atoms with Crippen molar-refractivity contribution < 1.29 is 23.1 Å². The molecule has 38 heavy (non-hydrogen) atoms. The highest BCUT2D eigenvalue weighted by Crippen LogP contribution is 2.59. The molecule has 1 unspecified atom stereocenters. The van der Waals surface area contributed by atoms with E-state index in [9.17, 15) is 9.36 Å². The van der Waals surface area contributed by atoms with Crippen molar-refractivity contribution in [2.75, 3.05) is 0 Å². The quantitative estimate of drug-likeness (QED) is 0.115. The summed E-state index contributed by atoms with van der Waals surface area (Å²) in [6.45, 7) is 0.0199. The first-order chi connectivity index (χ1) is 17.9. The Labute approximate surface area is 227 Å². The Balaban J connectivity index is 0.00000400. The molecule has 0 radical (unpaired) electrons. The van der Waals surface area contributed by atoms with Gasteiger partial charge in [-0.15, -0.1) is 12.4 Å². The summed E-state index contributed by atoms with van der Waals surface area (Å²) in [7, 11) is -4.18. The molecule has 0 aliphatic heterocycles. The molecule has 8 nitrogen and oxygen atoms in total. The zero-order valence-corrected chi connectivity index (χ0v) is 21.9. The smallest absolute Gasteiger partial charge is 0.445 e. The largest absolute Gasteiger partial charge is 0.457 e. The van der Waals surface area contributed by atoms with Crippen LogP contribution in [0.15, 0.2) is 115 Å². The minimum Gasteiger partial charge on any atom is -0.445 e. The highest BCUT2D eigenvalue weighted by Gasteiger charge is 2.42. The van der Waals surface area contributed by atoms with Gasteiger partial charge in [-0.2, -0.15) is 0 Å². The van der Waals surface area contributed by atoms with Crippen LogP contribution in [0.4, 0.5) is 4.79 Å². The first kappa shape index (κ1) is 28.3. The SMILES string of the molecule is Cl.N=C(N)c1ccc(C(NC(=O)OCc2ccccc2)P(=O)(Oc2ccccc2)Oc2ccccc2)cc1. The van der Waals surface area contributed by atoms with Crippen molar-refractivity contribution in [1.29, 1.82) is 5.41 Å². The third-order valence-corrected chi connectivity index (χ3v) is 7.26. The van der Waals surface area contributed by atoms with E-state index in [1.807, 2.05) is 30.3 Å². The fourth-order valence-electron chi connectivity index (χ4n) is 3.45. The normalized spacial score (nSPS) is 11.4. The van der Waals surface area contributed by atoms with Gasteiger partial charge in [0.1, 0.15) is 23.9 Å². The zero-order chi connectivity index (χ0) is 26.1. The number of halogens is 1. The number of nitrogens with two attached hydrogens (primary N) is 1. The van der Waals surface area contributed by atoms with Gasteiger partial charge >= 0.3 is 13.7 Å². The van der Waals surface area contributed by atoms with E-state index in [0.29, 0.717) is 22.6 Å². The summed E-state index contributed by atoms with van der Waals surface area (Å²) in [5, 5.41) is 10.3. The Bertz CT molecular complexity index is 1330. The van der Waals surface area contributed by atoms with Crippen LogP contribution in [0.2, 0.25) is 0 Å². The molecular formula is C28H27ClN3O5P. The van der Waals surface area contributed by atoms with Gasteiger partial charge in [-0.1, -0.05) is 91.0 Å². The van der Waals surface area contributed by atoms with Gasteiger partial charge < -0.3 is 24.8 Å². The first-order valence-corrected chi connectivity index (χ1v) is 13.0. The number of amides is 1. The topological polar surface area (TPSA) is 124 Å². The van der Waals surface area contributed by atoms with Gasteiger partial charge in [0.25, 0.3) is 0 Å². The van der Waals surface area contributed by atoms with Crippen LogP contribution in [-0.4, -0.2) is 11.9 Å². The molecule has 10 heteroatoms. The number of nitrogen functional groups attached to an aromatic ring is 1. The van der Waals surface area contributed by atoms with E-state index in [1.165, 1.54) is 0 Å². The maximum absolute atomic E-state index is 14.5. The van der Waals surface area contributed by atoms with Crippen molar-refractivity contribution in [3.63, 3.8) is 0 Å². The van der Waals surface area contributed by atoms with E-state index in [4.69, 9.17) is 24.9 Å². The van der Waals surface area contributed by atoms with Crippen molar-refractivity contribution in [3.8, 4) is 11.5 Å². The van der Waals surface area contributed by atoms with Crippen LogP contribution in [0, 0.1) is 5.41 Å². The molecular weight excluding hydrogens is 525 g/mol. The highest BCUT2D eigenvalue weighted by atomic mass is 35.5. The minimum atomic E-state index is -4.18. The van der Waals surface area contributed by atoms with Crippen LogP contribution < -0.4 is 20.1 Å². The Morgan fingerprint density at radius 1 is 0.789 bits per heavy atom. The first-order valence-electron chi connectivity index (χ1n) is 11.4. The van der Waals surface area contributed by atoms with Gasteiger partial charge in [-0.05, 0) is 35.4 Å². The molecule has 196 valence electrons. The average Bonchev–Trinajstić information content (AvgIpc) is 2.92. The Hall–Kier alpha value is -4.26. The molecule has 1 atom stereocenters. The summed E-state index contributed by atoms with van der Waals surface area (Å²) in [6, 6.07) is 32.7. The van der Waals surface area contributed by atoms with Crippen LogP contribution in [0.1, 0.15) is 22.5 Å². The van der Waals surface area contributed by atoms with Gasteiger partial charge in [-0.25, -0.2) is 9.36 Å². The molecule has 1 amide bonds. The van der Waals surface area contributed by atoms with E-state index in [0.717, 1.165) is 5.56 Å². The lowest BCUT2D eigenvalue weighted by Gasteiger charge is -2.28. The maximum atomic E-state index is 14.5. The molecule has 0 saturated carbocycles. The molecule has 0 spiro atoms. The lowest BCUT2D eigenvalue weighted by Crippen LogP contribution is -2.31. The molecule has 0 fully saturated rings. The van der Waals surface area contributed by atoms with Crippen molar-refractivity contribution in [2.45, 2.75) is 12.4 Å². The summed E-state index contributed by atoms with van der Waals surface area (Å²) < 4.78 is 31.8. The molecule has 4 aromatic rings. The molecule has 0 heterocycles. The second kappa shape index (κ2) is 13.3. The average molecular weight is 552 g/mol. The minimum absolute atomic E-state index is 0. The van der Waals surface area contributed by atoms with Crippen LogP contribution in [0.25, 0.3) is 0 Å². The van der Waals surface area contributed by atoms with Gasteiger partial charge in [0.2, 0.25) is 0 Å². The number of hydrogen-bond donors (Lipinski definition) is 3. The number of alkyl carbamates (subject to hydrolysis) is 1. The third kappa shape index (κ3) is 7.62. The highest BCUT2D eigenvalue weighted by molar-refractivity contribution is 7.55. The monoisotopic (exact) mass is 551 g/mol. The Morgan fingerprint density at radius 3 is 1.74 bits per heavy atom. The predicted octanol–water partition coefficient (Wildman–Crippen LogP) is 6.67. The summed E-state index contributed by atoms with van der Waals surface area (Å²) in [6.07, 6.45) is -0.807. The fourth-order valence-corrected chi connectivity index (χ4v) is 5.33. The molecule has 4 rings (SSSR count). The number of amidine groups is 1. The summed E-state index contributed by atoms with van der Waals surface area (Å²) in [5.74, 6) is -0.780. The number of nitrogens with one attached hydrogen (secondary N) is 2. The fraction of sp³-hybridized carbons (Fsp3) is 0.0714. The number of carbonyl (C=O) groups is 1. The number of benzene rings is 4. The summed E-state index contributed by atoms with van der Waals surface area (Å²) in [4.78, 5) is 12.9. The predicted molar refractivity (Wildman–Crippen MR) is 149 cm³/mol. The van der Waals surface area contributed by atoms with Crippen molar-refractivity contribution in [3.05, 3.63) is 132 Å². The molecule has 0 aromatic heterocycles. The maximum Gasteiger partial charge on any atom is 0.457 e. The lowest BCUT2D eigenvalue weighted by molar-refractivity contribution is 0.137. The van der Waals surface area contributed by atoms with Gasteiger partial charge in [0.15, 0.2) is 5.78 Å². The van der Waals surface area contributed by atoms with E-state index in [1.54, 1.807) is 84.9 Å². The van der Waals surface area contributed by atoms with Crippen LogP contribution in [-0.2, 0) is 15.9 Å². The van der Waals surface area contributed by atoms with E-state index >= 15 is 0 Å². The molecule has 4 aromatic carbocycles. The second-order valence-corrected chi connectivity index (χ2v) is 9.95. The van der Waals surface area contributed by atoms with Crippen molar-refractivity contribution in [1.82, 2.24) is 5.32 Å². The van der Waals surface area contributed by atoms with Crippen LogP contribution >= 0.6 is 20.0 Å². The molecule has 0 aliphatic carbocycles. The Morgan fingerprint density at radius 2 is 1.26 bits per heavy atom. The number of rotatable bonds is 10. The number of hydrogen-bond acceptors (Lipinski definition) is 6. The number of ether oxygens (including phenoxy) is 1. The van der Waals surface area contributed by atoms with Gasteiger partial charge in [0.05, 0.1) is 0 Å². The third-order valence-electron chi connectivity index (χ3n) is 5.27. The van der Waals surface area contributed by atoms with Gasteiger partial charge in [-0.3, -0.25) is 5.41 Å². The summed E-state index contributed by atoms with van der Waals surface area (Å²) >= 11 is 0.